The molecule has 1 aromatic carbocycles. The second-order valence-electron chi connectivity index (χ2n) is 6.55. The number of likely N-dealkylation sites (tertiary alicyclic amines) is 2. The van der Waals surface area contributed by atoms with E-state index in [9.17, 15) is 9.59 Å². The molecule has 0 unspecified atom stereocenters. The third-order valence-electron chi connectivity index (χ3n) is 4.90. The fourth-order valence-electron chi connectivity index (χ4n) is 3.69. The highest BCUT2D eigenvalue weighted by Crippen LogP contribution is 2.21. The van der Waals surface area contributed by atoms with Gasteiger partial charge in [0.1, 0.15) is 17.6 Å². The van der Waals surface area contributed by atoms with Crippen molar-refractivity contribution in [2.75, 3.05) is 19.6 Å². The van der Waals surface area contributed by atoms with Crippen molar-refractivity contribution in [2.24, 2.45) is 0 Å². The lowest BCUT2D eigenvalue weighted by atomic mass is 10.0. The van der Waals surface area contributed by atoms with Crippen molar-refractivity contribution < 1.29 is 9.59 Å². The largest absolute Gasteiger partial charge is 0.339 e. The Morgan fingerprint density at radius 1 is 1.12 bits per heavy atom. The van der Waals surface area contributed by atoms with Crippen LogP contribution in [0.3, 0.4) is 0 Å². The molecule has 0 aliphatic carbocycles. The van der Waals surface area contributed by atoms with Crippen molar-refractivity contribution in [1.82, 2.24) is 24.8 Å². The summed E-state index contributed by atoms with van der Waals surface area (Å²) >= 11 is 0. The molecule has 4 rings (SSSR count). The normalized spacial score (nSPS) is 21.7. The van der Waals surface area contributed by atoms with Crippen molar-refractivity contribution in [2.45, 2.75) is 38.3 Å². The quantitative estimate of drug-likeness (QED) is 0.845. The molecule has 0 spiro atoms. The Morgan fingerprint density at radius 3 is 2.54 bits per heavy atom. The Morgan fingerprint density at radius 2 is 1.88 bits per heavy atom. The molecule has 0 radical (unpaired) electrons. The van der Waals surface area contributed by atoms with Crippen LogP contribution >= 0.6 is 0 Å². The number of hydrogen-bond donors (Lipinski definition) is 0. The van der Waals surface area contributed by atoms with E-state index in [4.69, 9.17) is 0 Å². The summed E-state index contributed by atoms with van der Waals surface area (Å²) in [5.74, 6) is 0.251. The molecule has 1 aromatic heterocycles. The van der Waals surface area contributed by atoms with Crippen LogP contribution in [0.25, 0.3) is 11.0 Å². The average molecular weight is 327 g/mol. The summed E-state index contributed by atoms with van der Waals surface area (Å²) in [4.78, 5) is 29.8. The van der Waals surface area contributed by atoms with Gasteiger partial charge in [0.25, 0.3) is 0 Å². The molecule has 126 valence electrons. The lowest BCUT2D eigenvalue weighted by molar-refractivity contribution is -0.138. The average Bonchev–Trinajstić information content (AvgIpc) is 3.20. The number of nitrogens with zero attached hydrogens (tertiary/aromatic N) is 5. The standard InChI is InChI=1S/C17H21N5O2/c23-16-8-4-10-21(16)13-5-3-9-20(11-13)17(24)12-22-18-14-6-1-2-7-15(14)19-22/h1-2,6-7,13H,3-5,8-12H2/t13-/m0/s1. The Hall–Kier alpha value is -2.44. The second-order valence-corrected chi connectivity index (χ2v) is 6.55. The SMILES string of the molecule is O=C(Cn1nc2ccccc2n1)N1CCC[C@H](N2CCCC2=O)C1. The number of carbonyl (C=O) groups excluding carboxylic acids is 2. The van der Waals surface area contributed by atoms with E-state index in [1.54, 1.807) is 0 Å². The molecule has 24 heavy (non-hydrogen) atoms. The van der Waals surface area contributed by atoms with Crippen LogP contribution in [0.1, 0.15) is 25.7 Å². The summed E-state index contributed by atoms with van der Waals surface area (Å²) in [6.07, 6.45) is 3.51. The summed E-state index contributed by atoms with van der Waals surface area (Å²) in [6, 6.07) is 7.76. The van der Waals surface area contributed by atoms with Crippen molar-refractivity contribution in [3.05, 3.63) is 24.3 Å². The molecular weight excluding hydrogens is 306 g/mol. The number of aromatic nitrogens is 3. The highest BCUT2D eigenvalue weighted by molar-refractivity contribution is 5.79. The van der Waals surface area contributed by atoms with Crippen molar-refractivity contribution in [1.29, 1.82) is 0 Å². The Kier molecular flexibility index (Phi) is 3.92. The number of rotatable bonds is 3. The number of fused-ring (bicyclic) bond motifs is 1. The first-order valence-corrected chi connectivity index (χ1v) is 8.58. The van der Waals surface area contributed by atoms with E-state index in [0.29, 0.717) is 13.0 Å². The first-order valence-electron chi connectivity index (χ1n) is 8.58. The zero-order chi connectivity index (χ0) is 16.5. The molecule has 2 aromatic rings. The van der Waals surface area contributed by atoms with Crippen LogP contribution < -0.4 is 0 Å². The van der Waals surface area contributed by atoms with Gasteiger partial charge in [-0.1, -0.05) is 12.1 Å². The molecule has 2 saturated heterocycles. The minimum Gasteiger partial charge on any atom is -0.339 e. The van der Waals surface area contributed by atoms with Crippen molar-refractivity contribution >= 4 is 22.8 Å². The van der Waals surface area contributed by atoms with Gasteiger partial charge in [0.05, 0.1) is 0 Å². The molecule has 7 heteroatoms. The molecule has 2 fully saturated rings. The summed E-state index contributed by atoms with van der Waals surface area (Å²) < 4.78 is 0. The number of benzene rings is 1. The van der Waals surface area contributed by atoms with Crippen molar-refractivity contribution in [3.8, 4) is 0 Å². The number of hydrogen-bond acceptors (Lipinski definition) is 4. The first kappa shape index (κ1) is 15.1. The first-order chi connectivity index (χ1) is 11.7. The summed E-state index contributed by atoms with van der Waals surface area (Å²) in [5.41, 5.74) is 1.59. The van der Waals surface area contributed by atoms with E-state index in [0.717, 1.165) is 43.4 Å². The number of carbonyl (C=O) groups is 2. The van der Waals surface area contributed by atoms with Crippen LogP contribution in [0, 0.1) is 0 Å². The maximum Gasteiger partial charge on any atom is 0.246 e. The summed E-state index contributed by atoms with van der Waals surface area (Å²) in [5, 5.41) is 8.70. The molecule has 0 N–H and O–H groups in total. The molecule has 2 amide bonds. The van der Waals surface area contributed by atoms with Crippen molar-refractivity contribution in [3.63, 3.8) is 0 Å². The van der Waals surface area contributed by atoms with Gasteiger partial charge in [-0.15, -0.1) is 0 Å². The van der Waals surface area contributed by atoms with E-state index in [1.165, 1.54) is 4.80 Å². The Bertz CT molecular complexity index is 738. The topological polar surface area (TPSA) is 71.3 Å². The molecule has 7 nitrogen and oxygen atoms in total. The van der Waals surface area contributed by atoms with Crippen LogP contribution in [0.2, 0.25) is 0 Å². The maximum absolute atomic E-state index is 12.6. The predicted octanol–water partition coefficient (Wildman–Crippen LogP) is 1.04. The number of amides is 2. The van der Waals surface area contributed by atoms with E-state index in [2.05, 4.69) is 10.2 Å². The van der Waals surface area contributed by atoms with Crippen LogP contribution in [-0.4, -0.2) is 62.3 Å². The third-order valence-corrected chi connectivity index (χ3v) is 4.90. The minimum atomic E-state index is 0.0200. The monoisotopic (exact) mass is 327 g/mol. The summed E-state index contributed by atoms with van der Waals surface area (Å²) in [7, 11) is 0. The number of piperidine rings is 1. The predicted molar refractivity (Wildman–Crippen MR) is 88.1 cm³/mol. The second kappa shape index (κ2) is 6.22. The molecule has 1 atom stereocenters. The Balaban J connectivity index is 1.42. The molecule has 2 aliphatic heterocycles. The van der Waals surface area contributed by atoms with Gasteiger partial charge in [0.15, 0.2) is 0 Å². The smallest absolute Gasteiger partial charge is 0.246 e. The lowest BCUT2D eigenvalue weighted by Crippen LogP contribution is -2.50. The van der Waals surface area contributed by atoms with Gasteiger partial charge in [0, 0.05) is 32.1 Å². The van der Waals surface area contributed by atoms with Crippen LogP contribution in [0.15, 0.2) is 24.3 Å². The lowest BCUT2D eigenvalue weighted by Gasteiger charge is -2.37. The molecule has 0 bridgehead atoms. The van der Waals surface area contributed by atoms with Gasteiger partial charge < -0.3 is 9.80 Å². The zero-order valence-electron chi connectivity index (χ0n) is 13.6. The van der Waals surface area contributed by atoms with E-state index < -0.39 is 0 Å². The van der Waals surface area contributed by atoms with Crippen LogP contribution in [0.5, 0.6) is 0 Å². The molecule has 0 saturated carbocycles. The van der Waals surface area contributed by atoms with E-state index in [1.807, 2.05) is 34.1 Å². The van der Waals surface area contributed by atoms with Crippen LogP contribution in [0.4, 0.5) is 0 Å². The maximum atomic E-state index is 12.6. The van der Waals surface area contributed by atoms with E-state index >= 15 is 0 Å². The van der Waals surface area contributed by atoms with E-state index in [-0.39, 0.29) is 24.4 Å². The van der Waals surface area contributed by atoms with Gasteiger partial charge >= 0.3 is 0 Å². The highest BCUT2D eigenvalue weighted by atomic mass is 16.2. The zero-order valence-corrected chi connectivity index (χ0v) is 13.6. The molecule has 2 aliphatic rings. The highest BCUT2D eigenvalue weighted by Gasteiger charge is 2.32. The van der Waals surface area contributed by atoms with Crippen LogP contribution in [-0.2, 0) is 16.1 Å². The van der Waals surface area contributed by atoms with Gasteiger partial charge in [-0.25, -0.2) is 0 Å². The molecule has 3 heterocycles. The Labute approximate surface area is 140 Å². The fraction of sp³-hybridized carbons (Fsp3) is 0.529. The molecular formula is C17H21N5O2. The third kappa shape index (κ3) is 2.86. The van der Waals surface area contributed by atoms with Gasteiger partial charge in [0.2, 0.25) is 11.8 Å². The van der Waals surface area contributed by atoms with Gasteiger partial charge in [-0.05, 0) is 31.4 Å². The minimum absolute atomic E-state index is 0.0200. The van der Waals surface area contributed by atoms with Gasteiger partial charge in [-0.3, -0.25) is 9.59 Å². The fourth-order valence-corrected chi connectivity index (χ4v) is 3.69. The van der Waals surface area contributed by atoms with Gasteiger partial charge in [-0.2, -0.15) is 15.0 Å². The summed E-state index contributed by atoms with van der Waals surface area (Å²) in [6.45, 7) is 2.36.